The van der Waals surface area contributed by atoms with E-state index in [-0.39, 0.29) is 23.6 Å². The van der Waals surface area contributed by atoms with Gasteiger partial charge in [0.05, 0.1) is 12.0 Å². The third-order valence-electron chi connectivity index (χ3n) is 5.33. The largest absolute Gasteiger partial charge is 0.497 e. The van der Waals surface area contributed by atoms with Crippen molar-refractivity contribution in [1.82, 2.24) is 4.31 Å². The van der Waals surface area contributed by atoms with Crippen molar-refractivity contribution in [3.05, 3.63) is 59.7 Å². The van der Waals surface area contributed by atoms with Gasteiger partial charge in [0, 0.05) is 18.4 Å². The molecule has 0 spiro atoms. The van der Waals surface area contributed by atoms with Gasteiger partial charge in [-0.2, -0.15) is 4.31 Å². The summed E-state index contributed by atoms with van der Waals surface area (Å²) in [6, 6.07) is 12.3. The second-order valence-corrected chi connectivity index (χ2v) is 10.4. The van der Waals surface area contributed by atoms with Crippen LogP contribution in [0.25, 0.3) is 0 Å². The molecule has 31 heavy (non-hydrogen) atoms. The highest BCUT2D eigenvalue weighted by molar-refractivity contribution is 7.89. The van der Waals surface area contributed by atoms with Gasteiger partial charge >= 0.3 is 5.97 Å². The quantitative estimate of drug-likeness (QED) is 0.635. The number of carbonyl (C=O) groups excluding carboxylic acids is 2. The maximum absolute atomic E-state index is 13.4. The highest BCUT2D eigenvalue weighted by Gasteiger charge is 2.41. The molecule has 7 nitrogen and oxygen atoms in total. The predicted molar refractivity (Wildman–Crippen MR) is 115 cm³/mol. The van der Waals surface area contributed by atoms with Crippen molar-refractivity contribution < 1.29 is 27.5 Å². The highest BCUT2D eigenvalue weighted by atomic mass is 32.2. The van der Waals surface area contributed by atoms with Crippen molar-refractivity contribution in [3.8, 4) is 5.75 Å². The standard InChI is InChI=1S/C23H27NO6S/c1-23(2,3)21(25)15-30-22(26)20-13-16-7-5-6-8-17(16)14-24(20)31(27,28)19-11-9-18(29-4)10-12-19/h5-12,20H,13-15H2,1-4H3. The lowest BCUT2D eigenvalue weighted by Gasteiger charge is -2.34. The van der Waals surface area contributed by atoms with Gasteiger partial charge in [0.25, 0.3) is 0 Å². The fourth-order valence-electron chi connectivity index (χ4n) is 3.28. The SMILES string of the molecule is COc1ccc(S(=O)(=O)N2Cc3ccccc3CC2C(=O)OCC(=O)C(C)(C)C)cc1. The van der Waals surface area contributed by atoms with Crippen molar-refractivity contribution >= 4 is 21.8 Å². The average Bonchev–Trinajstić information content (AvgIpc) is 2.75. The molecule has 0 saturated heterocycles. The molecule has 1 atom stereocenters. The molecule has 0 amide bonds. The smallest absolute Gasteiger partial charge is 0.325 e. The minimum atomic E-state index is -4.00. The van der Waals surface area contributed by atoms with Crippen LogP contribution in [0.5, 0.6) is 5.75 Å². The minimum Gasteiger partial charge on any atom is -0.497 e. The number of nitrogens with zero attached hydrogens (tertiary/aromatic N) is 1. The average molecular weight is 446 g/mol. The molecular weight excluding hydrogens is 418 g/mol. The summed E-state index contributed by atoms with van der Waals surface area (Å²) in [5, 5.41) is 0. The Kier molecular flexibility index (Phi) is 6.52. The van der Waals surface area contributed by atoms with E-state index in [1.165, 1.54) is 19.2 Å². The van der Waals surface area contributed by atoms with Crippen LogP contribution in [0.1, 0.15) is 31.9 Å². The zero-order chi connectivity index (χ0) is 22.8. The van der Waals surface area contributed by atoms with Crippen LogP contribution in [0.2, 0.25) is 0 Å². The summed E-state index contributed by atoms with van der Waals surface area (Å²) in [7, 11) is -2.50. The van der Waals surface area contributed by atoms with Crippen LogP contribution in [-0.2, 0) is 37.3 Å². The van der Waals surface area contributed by atoms with Crippen LogP contribution >= 0.6 is 0 Å². The molecule has 0 radical (unpaired) electrons. The van der Waals surface area contributed by atoms with Gasteiger partial charge < -0.3 is 9.47 Å². The van der Waals surface area contributed by atoms with E-state index in [4.69, 9.17) is 9.47 Å². The Labute approximate surface area is 183 Å². The summed E-state index contributed by atoms with van der Waals surface area (Å²) >= 11 is 0. The van der Waals surface area contributed by atoms with Crippen molar-refractivity contribution in [1.29, 1.82) is 0 Å². The summed E-state index contributed by atoms with van der Waals surface area (Å²) in [4.78, 5) is 25.2. The van der Waals surface area contributed by atoms with Crippen molar-refractivity contribution in [2.45, 2.75) is 44.7 Å². The van der Waals surface area contributed by atoms with E-state index in [9.17, 15) is 18.0 Å². The first-order valence-electron chi connectivity index (χ1n) is 9.96. The number of fused-ring (bicyclic) bond motifs is 1. The molecular formula is C23H27NO6S. The molecule has 8 heteroatoms. The Hall–Kier alpha value is -2.71. The van der Waals surface area contributed by atoms with Crippen LogP contribution in [0, 0.1) is 5.41 Å². The molecule has 0 saturated carbocycles. The van der Waals surface area contributed by atoms with Gasteiger partial charge in [0.15, 0.2) is 12.4 Å². The Balaban J connectivity index is 1.92. The van der Waals surface area contributed by atoms with Gasteiger partial charge in [-0.15, -0.1) is 0 Å². The number of ketones is 1. The molecule has 1 heterocycles. The Morgan fingerprint density at radius 3 is 2.23 bits per heavy atom. The van der Waals surface area contributed by atoms with Gasteiger partial charge in [0.2, 0.25) is 10.0 Å². The van der Waals surface area contributed by atoms with E-state index in [0.29, 0.717) is 5.75 Å². The second kappa shape index (κ2) is 8.80. The van der Waals surface area contributed by atoms with Crippen LogP contribution < -0.4 is 4.74 Å². The molecule has 0 N–H and O–H groups in total. The first kappa shape index (κ1) is 23.0. The highest BCUT2D eigenvalue weighted by Crippen LogP contribution is 2.30. The predicted octanol–water partition coefficient (Wildman–Crippen LogP) is 2.97. The van der Waals surface area contributed by atoms with E-state index in [1.807, 2.05) is 24.3 Å². The molecule has 0 aliphatic carbocycles. The van der Waals surface area contributed by atoms with Gasteiger partial charge in [0.1, 0.15) is 11.8 Å². The number of benzene rings is 2. The summed E-state index contributed by atoms with van der Waals surface area (Å²) in [6.45, 7) is 4.86. The molecule has 166 valence electrons. The number of carbonyl (C=O) groups is 2. The summed E-state index contributed by atoms with van der Waals surface area (Å²) in [5.41, 5.74) is 1.05. The summed E-state index contributed by atoms with van der Waals surface area (Å²) in [5.74, 6) is -0.439. The molecule has 1 aliphatic heterocycles. The van der Waals surface area contributed by atoms with Crippen LogP contribution in [0.15, 0.2) is 53.4 Å². The summed E-state index contributed by atoms with van der Waals surface area (Å²) < 4.78 is 38.4. The molecule has 2 aromatic carbocycles. The van der Waals surface area contributed by atoms with E-state index < -0.39 is 34.1 Å². The number of methoxy groups -OCH3 is 1. The topological polar surface area (TPSA) is 90.0 Å². The zero-order valence-corrected chi connectivity index (χ0v) is 18.9. The summed E-state index contributed by atoms with van der Waals surface area (Å²) in [6.07, 6.45) is 0.175. The third kappa shape index (κ3) is 4.97. The van der Waals surface area contributed by atoms with Crippen molar-refractivity contribution in [2.75, 3.05) is 13.7 Å². The van der Waals surface area contributed by atoms with Crippen molar-refractivity contribution in [3.63, 3.8) is 0 Å². The van der Waals surface area contributed by atoms with Gasteiger partial charge in [-0.05, 0) is 35.4 Å². The Morgan fingerprint density at radius 2 is 1.65 bits per heavy atom. The van der Waals surface area contributed by atoms with Gasteiger partial charge in [-0.3, -0.25) is 9.59 Å². The molecule has 2 aromatic rings. The zero-order valence-electron chi connectivity index (χ0n) is 18.1. The molecule has 1 unspecified atom stereocenters. The maximum atomic E-state index is 13.4. The number of hydrogen-bond donors (Lipinski definition) is 0. The third-order valence-corrected chi connectivity index (χ3v) is 7.19. The number of rotatable bonds is 6. The molecule has 0 fully saturated rings. The monoisotopic (exact) mass is 445 g/mol. The first-order chi connectivity index (χ1) is 14.5. The van der Waals surface area contributed by atoms with Crippen LogP contribution in [-0.4, -0.2) is 44.2 Å². The van der Waals surface area contributed by atoms with E-state index >= 15 is 0 Å². The number of ether oxygens (including phenoxy) is 2. The number of esters is 1. The lowest BCUT2D eigenvalue weighted by molar-refractivity contribution is -0.154. The Morgan fingerprint density at radius 1 is 1.03 bits per heavy atom. The van der Waals surface area contributed by atoms with Crippen LogP contribution in [0.3, 0.4) is 0 Å². The lowest BCUT2D eigenvalue weighted by atomic mass is 9.91. The van der Waals surface area contributed by atoms with Crippen LogP contribution in [0.4, 0.5) is 0 Å². The fraction of sp³-hybridized carbons (Fsp3) is 0.391. The fourth-order valence-corrected chi connectivity index (χ4v) is 4.84. The normalized spacial score (nSPS) is 17.0. The van der Waals surface area contributed by atoms with E-state index in [2.05, 4.69) is 0 Å². The molecule has 1 aliphatic rings. The molecule has 0 bridgehead atoms. The maximum Gasteiger partial charge on any atom is 0.325 e. The number of hydrogen-bond acceptors (Lipinski definition) is 6. The number of sulfonamides is 1. The molecule has 3 rings (SSSR count). The second-order valence-electron chi connectivity index (χ2n) is 8.50. The Bertz CT molecular complexity index is 1070. The van der Waals surface area contributed by atoms with Gasteiger partial charge in [-0.25, -0.2) is 8.42 Å². The first-order valence-corrected chi connectivity index (χ1v) is 11.4. The van der Waals surface area contributed by atoms with Gasteiger partial charge in [-0.1, -0.05) is 45.0 Å². The molecule has 0 aromatic heterocycles. The van der Waals surface area contributed by atoms with E-state index in [1.54, 1.807) is 32.9 Å². The number of Topliss-reactive ketones (excluding diaryl/α,β-unsaturated/α-hetero) is 1. The van der Waals surface area contributed by atoms with E-state index in [0.717, 1.165) is 15.4 Å². The lowest BCUT2D eigenvalue weighted by Crippen LogP contribution is -2.49. The minimum absolute atomic E-state index is 0.0392. The van der Waals surface area contributed by atoms with Crippen molar-refractivity contribution in [2.24, 2.45) is 5.41 Å².